The highest BCUT2D eigenvalue weighted by atomic mass is 35.5. The summed E-state index contributed by atoms with van der Waals surface area (Å²) in [7, 11) is 0. The lowest BCUT2D eigenvalue weighted by atomic mass is 10.1. The van der Waals surface area contributed by atoms with E-state index in [-0.39, 0.29) is 29.8 Å². The fourth-order valence-corrected chi connectivity index (χ4v) is 4.46. The lowest BCUT2D eigenvalue weighted by molar-refractivity contribution is -0.136. The molecule has 0 radical (unpaired) electrons. The minimum absolute atomic E-state index is 0.0129. The smallest absolute Gasteiger partial charge is 0.307 e. The van der Waals surface area contributed by atoms with Crippen molar-refractivity contribution in [2.75, 3.05) is 18.0 Å². The van der Waals surface area contributed by atoms with Gasteiger partial charge in [-0.3, -0.25) is 19.4 Å². The number of nitrogens with two attached hydrogens (primary N) is 1. The zero-order chi connectivity index (χ0) is 22.4. The molecule has 2 aliphatic heterocycles. The average molecular weight is 460 g/mol. The lowest BCUT2D eigenvalue weighted by Crippen LogP contribution is -2.26. The number of aliphatic carboxylic acids is 1. The minimum atomic E-state index is -0.826. The number of Topliss-reactive ketones (excluding diaryl/α,β-unsaturated/α-hetero) is 1. The molecular formula is C22H22ClN3O4S. The number of hydrogen-bond acceptors (Lipinski definition) is 7. The first kappa shape index (κ1) is 23.0. The second-order valence-electron chi connectivity index (χ2n) is 7.19. The van der Waals surface area contributed by atoms with E-state index in [9.17, 15) is 14.4 Å². The van der Waals surface area contributed by atoms with Crippen molar-refractivity contribution < 1.29 is 19.5 Å². The summed E-state index contributed by atoms with van der Waals surface area (Å²) < 4.78 is 0. The molecule has 0 unspecified atom stereocenters. The van der Waals surface area contributed by atoms with E-state index in [0.29, 0.717) is 9.93 Å². The molecule has 2 aliphatic rings. The molecule has 0 amide bonds. The van der Waals surface area contributed by atoms with Crippen LogP contribution in [0.5, 0.6) is 0 Å². The predicted octanol–water partition coefficient (Wildman–Crippen LogP) is 3.16. The first-order chi connectivity index (χ1) is 14.8. The lowest BCUT2D eigenvalue weighted by Gasteiger charge is -2.22. The number of rotatable bonds is 4. The second kappa shape index (κ2) is 10.6. The molecule has 1 atom stereocenters. The Kier molecular flexibility index (Phi) is 7.84. The third-order valence-electron chi connectivity index (χ3n) is 4.73. The van der Waals surface area contributed by atoms with Crippen molar-refractivity contribution in [3.05, 3.63) is 63.8 Å². The van der Waals surface area contributed by atoms with Crippen LogP contribution in [0, 0.1) is 0 Å². The van der Waals surface area contributed by atoms with Crippen LogP contribution in [0.3, 0.4) is 0 Å². The van der Waals surface area contributed by atoms with Crippen LogP contribution in [0.1, 0.15) is 24.0 Å². The van der Waals surface area contributed by atoms with E-state index in [1.165, 1.54) is 0 Å². The number of para-hydroxylation sites is 1. The normalized spacial score (nSPS) is 19.5. The predicted molar refractivity (Wildman–Crippen MR) is 122 cm³/mol. The van der Waals surface area contributed by atoms with Crippen molar-refractivity contribution in [1.82, 2.24) is 4.98 Å². The van der Waals surface area contributed by atoms with Crippen molar-refractivity contribution >= 4 is 52.0 Å². The van der Waals surface area contributed by atoms with Crippen LogP contribution < -0.4 is 10.6 Å². The molecule has 0 spiro atoms. The zero-order valence-corrected chi connectivity index (χ0v) is 18.2. The van der Waals surface area contributed by atoms with E-state index in [2.05, 4.69) is 9.88 Å². The van der Waals surface area contributed by atoms with Gasteiger partial charge in [-0.15, -0.1) is 0 Å². The highest BCUT2D eigenvalue weighted by Crippen LogP contribution is 2.37. The summed E-state index contributed by atoms with van der Waals surface area (Å²) in [6.07, 6.45) is 5.89. The topological polar surface area (TPSA) is 114 Å². The van der Waals surface area contributed by atoms with Gasteiger partial charge in [0.2, 0.25) is 5.12 Å². The van der Waals surface area contributed by atoms with Crippen molar-refractivity contribution in [2.24, 2.45) is 5.73 Å². The van der Waals surface area contributed by atoms with Gasteiger partial charge in [0.1, 0.15) is 0 Å². The van der Waals surface area contributed by atoms with Crippen LogP contribution in [-0.2, 0) is 20.8 Å². The number of carboxylic acids is 1. The first-order valence-corrected chi connectivity index (χ1v) is 10.9. The molecule has 3 N–H and O–H groups in total. The highest BCUT2D eigenvalue weighted by Gasteiger charge is 2.27. The Morgan fingerprint density at radius 3 is 2.71 bits per heavy atom. The van der Waals surface area contributed by atoms with Crippen LogP contribution >= 0.6 is 23.4 Å². The first-order valence-electron chi connectivity index (χ1n) is 9.69. The molecule has 2 saturated heterocycles. The number of pyridine rings is 1. The summed E-state index contributed by atoms with van der Waals surface area (Å²) in [6.45, 7) is 1.60. The van der Waals surface area contributed by atoms with E-state index in [0.717, 1.165) is 48.1 Å². The zero-order valence-electron chi connectivity index (χ0n) is 16.7. The molecule has 2 aromatic rings. The quantitative estimate of drug-likeness (QED) is 0.529. The summed E-state index contributed by atoms with van der Waals surface area (Å²) in [5.41, 5.74) is 8.45. The molecular weight excluding hydrogens is 438 g/mol. The van der Waals surface area contributed by atoms with Crippen molar-refractivity contribution in [3.8, 4) is 0 Å². The maximum atomic E-state index is 11.8. The summed E-state index contributed by atoms with van der Waals surface area (Å²) in [5, 5.41) is 8.88. The number of halogens is 1. The number of nitrogens with zero attached hydrogens (tertiary/aromatic N) is 2. The number of benzene rings is 1. The number of hydrogen-bond donors (Lipinski definition) is 2. The molecule has 1 aromatic heterocycles. The van der Waals surface area contributed by atoms with E-state index in [1.807, 2.05) is 18.2 Å². The average Bonchev–Trinajstić information content (AvgIpc) is 3.27. The van der Waals surface area contributed by atoms with Gasteiger partial charge in [-0.2, -0.15) is 0 Å². The largest absolute Gasteiger partial charge is 0.481 e. The Morgan fingerprint density at radius 2 is 2.13 bits per heavy atom. The minimum Gasteiger partial charge on any atom is -0.481 e. The van der Waals surface area contributed by atoms with Crippen LogP contribution in [0.15, 0.2) is 47.6 Å². The van der Waals surface area contributed by atoms with Gasteiger partial charge < -0.3 is 15.7 Å². The molecule has 3 heterocycles. The van der Waals surface area contributed by atoms with Crippen LogP contribution in [0.4, 0.5) is 5.69 Å². The van der Waals surface area contributed by atoms with Gasteiger partial charge in [-0.25, -0.2) is 0 Å². The molecule has 0 saturated carbocycles. The van der Waals surface area contributed by atoms with E-state index >= 15 is 0 Å². The maximum Gasteiger partial charge on any atom is 0.307 e. The summed E-state index contributed by atoms with van der Waals surface area (Å²) in [6, 6.07) is 9.19. The second-order valence-corrected chi connectivity index (χ2v) is 8.69. The molecule has 7 nitrogen and oxygen atoms in total. The molecule has 162 valence electrons. The van der Waals surface area contributed by atoms with E-state index in [1.54, 1.807) is 30.6 Å². The number of allylic oxidation sites excluding steroid dienone is 1. The van der Waals surface area contributed by atoms with Gasteiger partial charge in [0.05, 0.1) is 28.5 Å². The van der Waals surface area contributed by atoms with Crippen LogP contribution in [0.25, 0.3) is 6.08 Å². The van der Waals surface area contributed by atoms with Gasteiger partial charge >= 0.3 is 5.97 Å². The number of aromatic nitrogens is 1. The molecule has 1 aromatic carbocycles. The van der Waals surface area contributed by atoms with Gasteiger partial charge in [0.25, 0.3) is 0 Å². The Morgan fingerprint density at radius 1 is 1.32 bits per heavy atom. The number of thioether (sulfide) groups is 1. The van der Waals surface area contributed by atoms with Crippen LogP contribution in [0.2, 0.25) is 5.02 Å². The summed E-state index contributed by atoms with van der Waals surface area (Å²) in [5.74, 6) is -0.943. The van der Waals surface area contributed by atoms with Crippen molar-refractivity contribution in [3.63, 3.8) is 0 Å². The maximum absolute atomic E-state index is 11.8. The molecule has 31 heavy (non-hydrogen) atoms. The van der Waals surface area contributed by atoms with Gasteiger partial charge in [0, 0.05) is 37.1 Å². The number of anilines is 1. The number of ketones is 1. The Hall–Kier alpha value is -2.68. The Balaban J connectivity index is 0.000000229. The van der Waals surface area contributed by atoms with Crippen molar-refractivity contribution in [1.29, 1.82) is 0 Å². The third-order valence-corrected chi connectivity index (χ3v) is 5.97. The molecule has 4 rings (SSSR count). The Labute approximate surface area is 189 Å². The van der Waals surface area contributed by atoms with Gasteiger partial charge in [0.15, 0.2) is 5.78 Å². The van der Waals surface area contributed by atoms with Gasteiger partial charge in [-0.05, 0) is 42.0 Å². The van der Waals surface area contributed by atoms with E-state index < -0.39 is 5.97 Å². The van der Waals surface area contributed by atoms with Gasteiger partial charge in [-0.1, -0.05) is 29.8 Å². The fourth-order valence-electron chi connectivity index (χ4n) is 3.33. The molecule has 2 fully saturated rings. The highest BCUT2D eigenvalue weighted by molar-refractivity contribution is 8.18. The summed E-state index contributed by atoms with van der Waals surface area (Å²) >= 11 is 7.35. The van der Waals surface area contributed by atoms with E-state index in [4.69, 9.17) is 22.4 Å². The SMILES string of the molecule is N[C@H]1CCN(c2c(Cl)cccc2/C=C2\SC(=O)CC2=O)C1.O=C(O)Cc1cccnc1. The standard InChI is InChI=1S/C15H15ClN2O2S.C7H7NO2/c16-11-3-1-2-9(6-13-12(19)7-14(20)21-13)15(11)18-5-4-10(17)8-18;9-7(10)4-6-2-1-3-8-5-6/h1-3,6,10H,4-5,7-8,17H2;1-3,5H,4H2,(H,9,10)/b13-6-;/t10-;/m0./s1. The Bertz CT molecular complexity index is 1010. The monoisotopic (exact) mass is 459 g/mol. The molecule has 0 aliphatic carbocycles. The third kappa shape index (κ3) is 6.40. The van der Waals surface area contributed by atoms with Crippen molar-refractivity contribution in [2.45, 2.75) is 25.3 Å². The number of carboxylic acid groups (broad SMARTS) is 1. The van der Waals surface area contributed by atoms with Crippen LogP contribution in [-0.4, -0.2) is 46.1 Å². The fraction of sp³-hybridized carbons (Fsp3) is 0.273. The molecule has 0 bridgehead atoms. The number of carbonyl (C=O) groups is 3. The number of carbonyl (C=O) groups excluding carboxylic acids is 2. The summed E-state index contributed by atoms with van der Waals surface area (Å²) in [4.78, 5) is 39.7. The molecule has 9 heteroatoms.